The zero-order valence-corrected chi connectivity index (χ0v) is 20.3. The lowest BCUT2D eigenvalue weighted by Crippen LogP contribution is -2.51. The SMILES string of the molecule is CCC(C)(C)NC(=O)[C@H](c1ccc(F)cc1)N(C(=O)Cn1nnc2ccccc21)c1ccccc1F. The van der Waals surface area contributed by atoms with Gasteiger partial charge >= 0.3 is 0 Å². The first-order valence-corrected chi connectivity index (χ1v) is 11.6. The highest BCUT2D eigenvalue weighted by Gasteiger charge is 2.36. The smallest absolute Gasteiger partial charge is 0.249 e. The van der Waals surface area contributed by atoms with Gasteiger partial charge in [0, 0.05) is 5.54 Å². The van der Waals surface area contributed by atoms with E-state index in [0.29, 0.717) is 23.0 Å². The van der Waals surface area contributed by atoms with E-state index in [-0.39, 0.29) is 12.2 Å². The number of anilines is 1. The van der Waals surface area contributed by atoms with E-state index in [1.54, 1.807) is 30.3 Å². The number of hydrogen-bond donors (Lipinski definition) is 1. The van der Waals surface area contributed by atoms with Gasteiger partial charge in [0.1, 0.15) is 29.7 Å². The minimum atomic E-state index is -1.27. The topological polar surface area (TPSA) is 80.1 Å². The molecular weight excluding hydrogens is 464 g/mol. The highest BCUT2D eigenvalue weighted by Crippen LogP contribution is 2.31. The van der Waals surface area contributed by atoms with Gasteiger partial charge in [-0.2, -0.15) is 0 Å². The van der Waals surface area contributed by atoms with Crippen molar-refractivity contribution in [2.75, 3.05) is 4.90 Å². The number of rotatable bonds is 8. The van der Waals surface area contributed by atoms with E-state index in [9.17, 15) is 14.0 Å². The van der Waals surface area contributed by atoms with Crippen molar-refractivity contribution in [3.63, 3.8) is 0 Å². The van der Waals surface area contributed by atoms with Crippen LogP contribution in [0.25, 0.3) is 11.0 Å². The van der Waals surface area contributed by atoms with Gasteiger partial charge in [-0.1, -0.05) is 48.5 Å². The van der Waals surface area contributed by atoms with Gasteiger partial charge < -0.3 is 5.32 Å². The number of carbonyl (C=O) groups excluding carboxylic acids is 2. The van der Waals surface area contributed by atoms with Crippen molar-refractivity contribution in [1.29, 1.82) is 0 Å². The lowest BCUT2D eigenvalue weighted by atomic mass is 9.98. The normalized spacial score (nSPS) is 12.4. The van der Waals surface area contributed by atoms with Crippen LogP contribution < -0.4 is 10.2 Å². The first-order valence-electron chi connectivity index (χ1n) is 11.6. The Morgan fingerprint density at radius 2 is 1.67 bits per heavy atom. The number of hydrogen-bond acceptors (Lipinski definition) is 4. The summed E-state index contributed by atoms with van der Waals surface area (Å²) in [4.78, 5) is 28.6. The van der Waals surface area contributed by atoms with E-state index < -0.39 is 35.0 Å². The predicted molar refractivity (Wildman–Crippen MR) is 133 cm³/mol. The fourth-order valence-electron chi connectivity index (χ4n) is 3.86. The molecule has 1 heterocycles. The summed E-state index contributed by atoms with van der Waals surface area (Å²) in [5.74, 6) is -2.28. The number of para-hydroxylation sites is 2. The molecule has 186 valence electrons. The molecule has 2 amide bonds. The molecule has 36 heavy (non-hydrogen) atoms. The second-order valence-electron chi connectivity index (χ2n) is 9.13. The molecule has 0 saturated carbocycles. The average Bonchev–Trinajstić information content (AvgIpc) is 3.26. The van der Waals surface area contributed by atoms with Crippen LogP contribution in [0, 0.1) is 11.6 Å². The Morgan fingerprint density at radius 3 is 2.36 bits per heavy atom. The molecule has 1 N–H and O–H groups in total. The van der Waals surface area contributed by atoms with Crippen molar-refractivity contribution in [3.05, 3.63) is 90.0 Å². The van der Waals surface area contributed by atoms with Gasteiger partial charge in [-0.3, -0.25) is 14.5 Å². The minimum Gasteiger partial charge on any atom is -0.349 e. The highest BCUT2D eigenvalue weighted by molar-refractivity contribution is 6.01. The number of fused-ring (bicyclic) bond motifs is 1. The number of nitrogens with zero attached hydrogens (tertiary/aromatic N) is 4. The molecule has 0 spiro atoms. The lowest BCUT2D eigenvalue weighted by molar-refractivity contribution is -0.128. The largest absolute Gasteiger partial charge is 0.349 e. The summed E-state index contributed by atoms with van der Waals surface area (Å²) in [6.45, 7) is 5.33. The standard InChI is InChI=1S/C27H27F2N5O2/c1-4-27(2,3)30-26(36)25(18-13-15-19(28)16-14-18)34(22-11-7-5-9-20(22)29)24(35)17-33-23-12-8-6-10-21(23)31-32-33/h5-16,25H,4,17H2,1-3H3,(H,30,36)/t25-/m0/s1. The lowest BCUT2D eigenvalue weighted by Gasteiger charge is -2.34. The van der Waals surface area contributed by atoms with Crippen LogP contribution in [0.3, 0.4) is 0 Å². The van der Waals surface area contributed by atoms with Crippen LogP contribution >= 0.6 is 0 Å². The molecule has 0 bridgehead atoms. The number of benzene rings is 3. The van der Waals surface area contributed by atoms with Crippen molar-refractivity contribution in [3.8, 4) is 0 Å². The molecule has 0 aliphatic heterocycles. The maximum atomic E-state index is 15.1. The molecule has 0 radical (unpaired) electrons. The molecule has 7 nitrogen and oxygen atoms in total. The number of carbonyl (C=O) groups is 2. The highest BCUT2D eigenvalue weighted by atomic mass is 19.1. The molecule has 0 saturated heterocycles. The van der Waals surface area contributed by atoms with E-state index in [0.717, 1.165) is 4.90 Å². The van der Waals surface area contributed by atoms with Crippen LogP contribution in [0.15, 0.2) is 72.8 Å². The maximum absolute atomic E-state index is 15.1. The van der Waals surface area contributed by atoms with Crippen molar-refractivity contribution < 1.29 is 18.4 Å². The fourth-order valence-corrected chi connectivity index (χ4v) is 3.86. The van der Waals surface area contributed by atoms with Gasteiger partial charge in [0.05, 0.1) is 11.2 Å². The molecule has 3 aromatic carbocycles. The van der Waals surface area contributed by atoms with Crippen LogP contribution in [0.2, 0.25) is 0 Å². The van der Waals surface area contributed by atoms with Crippen molar-refractivity contribution in [2.24, 2.45) is 0 Å². The van der Waals surface area contributed by atoms with Crippen molar-refractivity contribution >= 4 is 28.5 Å². The van der Waals surface area contributed by atoms with Gasteiger partial charge in [-0.05, 0) is 62.2 Å². The summed E-state index contributed by atoms with van der Waals surface area (Å²) in [5, 5.41) is 11.1. The monoisotopic (exact) mass is 491 g/mol. The summed E-state index contributed by atoms with van der Waals surface area (Å²) in [5.41, 5.74) is 0.877. The number of aromatic nitrogens is 3. The predicted octanol–water partition coefficient (Wildman–Crippen LogP) is 4.79. The first kappa shape index (κ1) is 25.0. The first-order chi connectivity index (χ1) is 17.2. The van der Waals surface area contributed by atoms with Gasteiger partial charge in [0.2, 0.25) is 11.8 Å². The average molecular weight is 492 g/mol. The van der Waals surface area contributed by atoms with Crippen LogP contribution in [0.1, 0.15) is 38.8 Å². The third kappa shape index (κ3) is 5.25. The van der Waals surface area contributed by atoms with Gasteiger partial charge in [0.25, 0.3) is 0 Å². The molecular formula is C27H27F2N5O2. The number of amides is 2. The van der Waals surface area contributed by atoms with Crippen molar-refractivity contribution in [1.82, 2.24) is 20.3 Å². The van der Waals surface area contributed by atoms with E-state index in [1.807, 2.05) is 20.8 Å². The zero-order chi connectivity index (χ0) is 25.9. The Morgan fingerprint density at radius 1 is 1.00 bits per heavy atom. The van der Waals surface area contributed by atoms with E-state index >= 15 is 4.39 Å². The molecule has 9 heteroatoms. The molecule has 1 atom stereocenters. The molecule has 0 aliphatic rings. The van der Waals surface area contributed by atoms with Gasteiger partial charge in [-0.15, -0.1) is 5.10 Å². The fraction of sp³-hybridized carbons (Fsp3) is 0.259. The van der Waals surface area contributed by atoms with Gasteiger partial charge in [0.15, 0.2) is 0 Å². The quantitative estimate of drug-likeness (QED) is 0.384. The summed E-state index contributed by atoms with van der Waals surface area (Å²) >= 11 is 0. The number of nitrogens with one attached hydrogen (secondary N) is 1. The zero-order valence-electron chi connectivity index (χ0n) is 20.3. The van der Waals surface area contributed by atoms with Crippen LogP contribution in [-0.4, -0.2) is 32.3 Å². The summed E-state index contributed by atoms with van der Waals surface area (Å²) in [7, 11) is 0. The second-order valence-corrected chi connectivity index (χ2v) is 9.13. The van der Waals surface area contributed by atoms with E-state index in [2.05, 4.69) is 15.6 Å². The Kier molecular flexibility index (Phi) is 7.10. The van der Waals surface area contributed by atoms with Crippen LogP contribution in [0.5, 0.6) is 0 Å². The third-order valence-electron chi connectivity index (χ3n) is 6.12. The summed E-state index contributed by atoms with van der Waals surface area (Å²) < 4.78 is 30.3. The molecule has 4 rings (SSSR count). The van der Waals surface area contributed by atoms with Crippen LogP contribution in [-0.2, 0) is 16.1 Å². The third-order valence-corrected chi connectivity index (χ3v) is 6.12. The van der Waals surface area contributed by atoms with E-state index in [4.69, 9.17) is 0 Å². The molecule has 0 unspecified atom stereocenters. The maximum Gasteiger partial charge on any atom is 0.249 e. The van der Waals surface area contributed by atoms with E-state index in [1.165, 1.54) is 47.1 Å². The molecule has 0 aliphatic carbocycles. The Labute approximate surface area is 207 Å². The second kappa shape index (κ2) is 10.2. The Bertz CT molecular complexity index is 1380. The molecule has 0 fully saturated rings. The Balaban J connectivity index is 1.83. The minimum absolute atomic E-state index is 0.0781. The molecule has 1 aromatic heterocycles. The Hall–Kier alpha value is -4.14. The number of halogens is 2. The van der Waals surface area contributed by atoms with Crippen molar-refractivity contribution in [2.45, 2.75) is 45.3 Å². The summed E-state index contributed by atoms with van der Waals surface area (Å²) in [6, 6.07) is 16.8. The van der Waals surface area contributed by atoms with Crippen LogP contribution in [0.4, 0.5) is 14.5 Å². The summed E-state index contributed by atoms with van der Waals surface area (Å²) in [6.07, 6.45) is 0.619. The molecule has 4 aromatic rings. The van der Waals surface area contributed by atoms with Gasteiger partial charge in [-0.25, -0.2) is 13.5 Å².